The van der Waals surface area contributed by atoms with Crippen molar-refractivity contribution in [2.45, 2.75) is 13.8 Å². The van der Waals surface area contributed by atoms with E-state index in [1.807, 2.05) is 0 Å². The summed E-state index contributed by atoms with van der Waals surface area (Å²) in [7, 11) is -3.45. The Bertz CT molecular complexity index is 748. The van der Waals surface area contributed by atoms with E-state index in [1.54, 1.807) is 38.2 Å². The van der Waals surface area contributed by atoms with Gasteiger partial charge in [-0.3, -0.25) is 9.62 Å². The smallest absolute Gasteiger partial charge is 0.409 e. The van der Waals surface area contributed by atoms with Crippen molar-refractivity contribution >= 4 is 43.5 Å². The van der Waals surface area contributed by atoms with Gasteiger partial charge in [0, 0.05) is 30.3 Å². The van der Waals surface area contributed by atoms with Gasteiger partial charge in [0.15, 0.2) is 0 Å². The number of benzene rings is 1. The molecule has 0 aliphatic carbocycles. The third kappa shape index (κ3) is 3.67. The maximum atomic E-state index is 12.3. The number of likely N-dealkylation sites (N-methyl/N-ethyl adjacent to an activating group) is 1. The molecule has 0 aromatic heterocycles. The Kier molecular flexibility index (Phi) is 5.33. The number of carboxylic acid groups (broad SMARTS) is 1. The monoisotopic (exact) mass is 403 g/mol. The second-order valence-corrected chi connectivity index (χ2v) is 7.65. The predicted octanol–water partition coefficient (Wildman–Crippen LogP) is 2.78. The summed E-state index contributed by atoms with van der Waals surface area (Å²) in [5, 5.41) is 11.1. The lowest BCUT2D eigenvalue weighted by Gasteiger charge is -2.33. The van der Waals surface area contributed by atoms with Gasteiger partial charge in [-0.15, -0.1) is 0 Å². The Hall–Kier alpha value is -1.58. The van der Waals surface area contributed by atoms with E-state index in [1.165, 1.54) is 8.61 Å². The van der Waals surface area contributed by atoms with Crippen LogP contribution < -0.4 is 5.32 Å². The molecule has 0 radical (unpaired) electrons. The standard InChI is InChI=1S/C14H18BrN3O4S/c1-3-17-8-11(9-18(4-2)23(17,21)22)10-5-6-13(12(15)7-10)16-14(19)20/h5-8,16H,3-4,9H2,1-2H3,(H,19,20). The van der Waals surface area contributed by atoms with Crippen molar-refractivity contribution in [1.29, 1.82) is 0 Å². The molecule has 126 valence electrons. The summed E-state index contributed by atoms with van der Waals surface area (Å²) in [4.78, 5) is 10.7. The summed E-state index contributed by atoms with van der Waals surface area (Å²) in [6, 6.07) is 5.18. The Morgan fingerprint density at radius 1 is 1.35 bits per heavy atom. The van der Waals surface area contributed by atoms with E-state index in [2.05, 4.69) is 21.2 Å². The van der Waals surface area contributed by atoms with Gasteiger partial charge in [0.2, 0.25) is 0 Å². The summed E-state index contributed by atoms with van der Waals surface area (Å²) in [5.41, 5.74) is 2.12. The van der Waals surface area contributed by atoms with Crippen molar-refractivity contribution < 1.29 is 18.3 Å². The molecule has 23 heavy (non-hydrogen) atoms. The van der Waals surface area contributed by atoms with Crippen LogP contribution in [0.3, 0.4) is 0 Å². The highest BCUT2D eigenvalue weighted by Gasteiger charge is 2.31. The summed E-state index contributed by atoms with van der Waals surface area (Å²) in [6.07, 6.45) is 0.490. The van der Waals surface area contributed by atoms with E-state index in [4.69, 9.17) is 5.11 Å². The molecule has 1 aromatic rings. The lowest BCUT2D eigenvalue weighted by Crippen LogP contribution is -2.45. The van der Waals surface area contributed by atoms with Gasteiger partial charge < -0.3 is 5.11 Å². The van der Waals surface area contributed by atoms with Crippen LogP contribution in [0.15, 0.2) is 28.9 Å². The second kappa shape index (κ2) is 6.90. The zero-order valence-electron chi connectivity index (χ0n) is 12.8. The van der Waals surface area contributed by atoms with Gasteiger partial charge in [-0.1, -0.05) is 13.0 Å². The summed E-state index contributed by atoms with van der Waals surface area (Å²) >= 11 is 3.33. The zero-order valence-corrected chi connectivity index (χ0v) is 15.2. The van der Waals surface area contributed by atoms with Gasteiger partial charge in [0.1, 0.15) is 0 Å². The van der Waals surface area contributed by atoms with Crippen LogP contribution in [0.25, 0.3) is 5.57 Å². The van der Waals surface area contributed by atoms with E-state index >= 15 is 0 Å². The third-order valence-electron chi connectivity index (χ3n) is 3.52. The highest BCUT2D eigenvalue weighted by Crippen LogP contribution is 2.30. The highest BCUT2D eigenvalue weighted by atomic mass is 79.9. The third-order valence-corrected chi connectivity index (χ3v) is 6.17. The molecule has 1 aliphatic heterocycles. The average molecular weight is 404 g/mol. The van der Waals surface area contributed by atoms with Crippen LogP contribution >= 0.6 is 15.9 Å². The molecule has 0 unspecified atom stereocenters. The molecule has 2 N–H and O–H groups in total. The zero-order chi connectivity index (χ0) is 17.2. The first kappa shape index (κ1) is 17.8. The maximum Gasteiger partial charge on any atom is 0.409 e. The fourth-order valence-corrected chi connectivity index (χ4v) is 4.32. The molecule has 1 aliphatic rings. The Morgan fingerprint density at radius 3 is 2.57 bits per heavy atom. The van der Waals surface area contributed by atoms with Gasteiger partial charge in [-0.05, 0) is 46.1 Å². The Balaban J connectivity index is 2.40. The SMILES string of the molecule is CCN1C=C(c2ccc(NC(=O)O)c(Br)c2)CN(CC)S1(=O)=O. The van der Waals surface area contributed by atoms with Gasteiger partial charge >= 0.3 is 16.3 Å². The largest absolute Gasteiger partial charge is 0.465 e. The molecule has 0 fully saturated rings. The molecule has 7 nitrogen and oxygen atoms in total. The fraction of sp³-hybridized carbons (Fsp3) is 0.357. The number of amides is 1. The molecule has 0 saturated heterocycles. The van der Waals surface area contributed by atoms with Crippen molar-refractivity contribution in [3.05, 3.63) is 34.4 Å². The number of carbonyl (C=O) groups is 1. The normalized spacial score (nSPS) is 17.7. The number of nitrogens with one attached hydrogen (secondary N) is 1. The molecule has 1 heterocycles. The van der Waals surface area contributed by atoms with Crippen LogP contribution in [0.4, 0.5) is 10.5 Å². The molecular formula is C14H18BrN3O4S. The van der Waals surface area contributed by atoms with Gasteiger partial charge in [0.05, 0.1) is 5.69 Å². The second-order valence-electron chi connectivity index (χ2n) is 4.92. The van der Waals surface area contributed by atoms with Crippen molar-refractivity contribution in [2.75, 3.05) is 25.0 Å². The first-order valence-corrected chi connectivity index (χ1v) is 9.26. The quantitative estimate of drug-likeness (QED) is 0.808. The van der Waals surface area contributed by atoms with E-state index in [-0.39, 0.29) is 6.54 Å². The molecule has 1 aromatic carbocycles. The Labute approximate surface area is 143 Å². The van der Waals surface area contributed by atoms with Crippen LogP contribution in [-0.4, -0.2) is 47.9 Å². The van der Waals surface area contributed by atoms with Crippen LogP contribution in [-0.2, 0) is 10.2 Å². The number of hydrogen-bond acceptors (Lipinski definition) is 3. The first-order chi connectivity index (χ1) is 10.8. The number of nitrogens with zero attached hydrogens (tertiary/aromatic N) is 2. The van der Waals surface area contributed by atoms with Crippen molar-refractivity contribution in [3.63, 3.8) is 0 Å². The van der Waals surface area contributed by atoms with E-state index in [0.29, 0.717) is 23.2 Å². The van der Waals surface area contributed by atoms with Crippen molar-refractivity contribution in [2.24, 2.45) is 0 Å². The lowest BCUT2D eigenvalue weighted by molar-refractivity contribution is 0.209. The molecule has 9 heteroatoms. The van der Waals surface area contributed by atoms with Gasteiger partial charge in [-0.25, -0.2) is 4.79 Å². The molecule has 0 bridgehead atoms. The van der Waals surface area contributed by atoms with Crippen LogP contribution in [0, 0.1) is 0 Å². The van der Waals surface area contributed by atoms with E-state index in [0.717, 1.165) is 11.1 Å². The minimum absolute atomic E-state index is 0.285. The van der Waals surface area contributed by atoms with E-state index < -0.39 is 16.3 Å². The maximum absolute atomic E-state index is 12.3. The van der Waals surface area contributed by atoms with E-state index in [9.17, 15) is 13.2 Å². The molecule has 1 amide bonds. The molecular weight excluding hydrogens is 386 g/mol. The van der Waals surface area contributed by atoms with Gasteiger partial charge in [0.25, 0.3) is 0 Å². The molecule has 0 saturated carbocycles. The van der Waals surface area contributed by atoms with Gasteiger partial charge in [-0.2, -0.15) is 12.7 Å². The van der Waals surface area contributed by atoms with Crippen LogP contribution in [0.2, 0.25) is 0 Å². The molecule has 2 rings (SSSR count). The first-order valence-electron chi connectivity index (χ1n) is 7.07. The predicted molar refractivity (Wildman–Crippen MR) is 92.3 cm³/mol. The highest BCUT2D eigenvalue weighted by molar-refractivity contribution is 9.10. The Morgan fingerprint density at radius 2 is 2.04 bits per heavy atom. The summed E-state index contributed by atoms with van der Waals surface area (Å²) < 4.78 is 27.9. The van der Waals surface area contributed by atoms with Crippen molar-refractivity contribution in [1.82, 2.24) is 8.61 Å². The van der Waals surface area contributed by atoms with Crippen LogP contribution in [0.1, 0.15) is 19.4 Å². The van der Waals surface area contributed by atoms with Crippen molar-refractivity contribution in [3.8, 4) is 0 Å². The minimum Gasteiger partial charge on any atom is -0.465 e. The lowest BCUT2D eigenvalue weighted by atomic mass is 10.1. The topological polar surface area (TPSA) is 90.0 Å². The number of halogens is 1. The summed E-state index contributed by atoms with van der Waals surface area (Å²) in [6.45, 7) is 4.59. The number of anilines is 1. The molecule has 0 atom stereocenters. The van der Waals surface area contributed by atoms with Crippen LogP contribution in [0.5, 0.6) is 0 Å². The fourth-order valence-electron chi connectivity index (χ4n) is 2.33. The summed E-state index contributed by atoms with van der Waals surface area (Å²) in [5.74, 6) is 0. The number of rotatable bonds is 4. The number of hydrogen-bond donors (Lipinski definition) is 2. The minimum atomic E-state index is -3.45. The molecule has 0 spiro atoms. The average Bonchev–Trinajstić information content (AvgIpc) is 2.48.